The summed E-state index contributed by atoms with van der Waals surface area (Å²) in [6, 6.07) is 1.01. The van der Waals surface area contributed by atoms with Gasteiger partial charge in [0, 0.05) is 29.8 Å². The molecule has 3 N–H and O–H groups in total. The highest BCUT2D eigenvalue weighted by Gasteiger charge is 2.93. The molecule has 5 atom stereocenters. The Labute approximate surface area is 148 Å². The second-order valence-corrected chi connectivity index (χ2v) is 8.01. The molecule has 0 amide bonds. The van der Waals surface area contributed by atoms with Crippen LogP contribution in [0, 0.1) is 17.8 Å². The fraction of sp³-hybridized carbons (Fsp3) is 0.556. The lowest BCUT2D eigenvalue weighted by molar-refractivity contribution is -0.137. The standard InChI is InChI=1S/C18H19F3N4O/c1-7(2)16-24-11(8-3-10(18(19,20)21)15(22)23-5-8)6-25(16)17-9-4-12(26)14(17)13(9)17/h3,5-7,9,12-14,26H,4H2,1-2H3,(H2,22,23)/t9-,12?,13-,14?,17-/m1/s1. The van der Waals surface area contributed by atoms with E-state index in [0.29, 0.717) is 23.1 Å². The minimum absolute atomic E-state index is 0.0572. The third-order valence-corrected chi connectivity index (χ3v) is 6.36. The van der Waals surface area contributed by atoms with Gasteiger partial charge in [-0.25, -0.2) is 9.97 Å². The van der Waals surface area contributed by atoms with E-state index in [-0.39, 0.29) is 23.5 Å². The van der Waals surface area contributed by atoms with Gasteiger partial charge in [-0.15, -0.1) is 0 Å². The van der Waals surface area contributed by atoms with Crippen molar-refractivity contribution in [2.45, 2.75) is 44.0 Å². The summed E-state index contributed by atoms with van der Waals surface area (Å²) in [5.41, 5.74) is 5.16. The first-order chi connectivity index (χ1) is 12.2. The Bertz CT molecular complexity index is 916. The number of aliphatic hydroxyl groups excluding tert-OH is 1. The van der Waals surface area contributed by atoms with Gasteiger partial charge in [0.15, 0.2) is 0 Å². The molecule has 0 aromatic carbocycles. The average molecular weight is 364 g/mol. The third kappa shape index (κ3) is 1.80. The lowest BCUT2D eigenvalue weighted by Gasteiger charge is -2.16. The second-order valence-electron chi connectivity index (χ2n) is 8.01. The number of imidazole rings is 1. The van der Waals surface area contributed by atoms with Gasteiger partial charge in [-0.3, -0.25) is 0 Å². The van der Waals surface area contributed by atoms with Crippen molar-refractivity contribution in [3.63, 3.8) is 0 Å². The maximum absolute atomic E-state index is 13.1. The minimum Gasteiger partial charge on any atom is -0.393 e. The number of nitrogen functional groups attached to an aromatic ring is 1. The highest BCUT2D eigenvalue weighted by molar-refractivity contribution is 5.63. The number of hydrogen-bond acceptors (Lipinski definition) is 4. The van der Waals surface area contributed by atoms with Gasteiger partial charge in [0.05, 0.1) is 22.9 Å². The molecule has 138 valence electrons. The van der Waals surface area contributed by atoms with E-state index < -0.39 is 17.6 Å². The number of anilines is 1. The first kappa shape index (κ1) is 16.1. The molecule has 2 unspecified atom stereocenters. The van der Waals surface area contributed by atoms with Crippen molar-refractivity contribution in [2.24, 2.45) is 17.8 Å². The number of aliphatic hydroxyl groups is 1. The quantitative estimate of drug-likeness (QED) is 0.878. The molecule has 2 bridgehead atoms. The molecule has 2 aromatic heterocycles. The predicted octanol–water partition coefficient (Wildman–Crippen LogP) is 3.01. The summed E-state index contributed by atoms with van der Waals surface area (Å²) in [7, 11) is 0. The Kier molecular flexibility index (Phi) is 2.85. The minimum atomic E-state index is -4.56. The van der Waals surface area contributed by atoms with Crippen LogP contribution >= 0.6 is 0 Å². The third-order valence-electron chi connectivity index (χ3n) is 6.36. The van der Waals surface area contributed by atoms with Gasteiger partial charge < -0.3 is 15.4 Å². The fourth-order valence-corrected chi connectivity index (χ4v) is 5.21. The van der Waals surface area contributed by atoms with Crippen molar-refractivity contribution >= 4 is 5.82 Å². The van der Waals surface area contributed by atoms with Gasteiger partial charge in [0.25, 0.3) is 0 Å². The van der Waals surface area contributed by atoms with Crippen molar-refractivity contribution in [3.8, 4) is 11.3 Å². The lowest BCUT2D eigenvalue weighted by atomic mass is 10.1. The fourth-order valence-electron chi connectivity index (χ4n) is 5.21. The molecule has 4 fully saturated rings. The van der Waals surface area contributed by atoms with E-state index in [9.17, 15) is 18.3 Å². The van der Waals surface area contributed by atoms with Gasteiger partial charge in [-0.05, 0) is 24.3 Å². The maximum atomic E-state index is 13.1. The van der Waals surface area contributed by atoms with Crippen LogP contribution in [0.1, 0.15) is 37.6 Å². The summed E-state index contributed by atoms with van der Waals surface area (Å²) in [4.78, 5) is 8.34. The van der Waals surface area contributed by atoms with Crippen LogP contribution in [-0.4, -0.2) is 25.7 Å². The Morgan fingerprint density at radius 2 is 2.08 bits per heavy atom. The highest BCUT2D eigenvalue weighted by atomic mass is 19.4. The Hall–Kier alpha value is -2.09. The number of halogens is 3. The normalized spacial score (nSPS) is 34.3. The van der Waals surface area contributed by atoms with Gasteiger partial charge >= 0.3 is 6.18 Å². The van der Waals surface area contributed by atoms with Crippen molar-refractivity contribution in [1.82, 2.24) is 14.5 Å². The molecular weight excluding hydrogens is 345 g/mol. The number of fused-ring (bicyclic) bond motifs is 1. The van der Waals surface area contributed by atoms with E-state index in [2.05, 4.69) is 14.5 Å². The number of aromatic nitrogens is 3. The molecule has 8 heteroatoms. The van der Waals surface area contributed by atoms with Crippen molar-refractivity contribution in [2.75, 3.05) is 5.73 Å². The smallest absolute Gasteiger partial charge is 0.393 e. The van der Waals surface area contributed by atoms with E-state index in [1.54, 1.807) is 0 Å². The van der Waals surface area contributed by atoms with Crippen LogP contribution in [0.4, 0.5) is 19.0 Å². The average Bonchev–Trinajstić information content (AvgIpc) is 3.14. The molecule has 0 radical (unpaired) electrons. The molecule has 26 heavy (non-hydrogen) atoms. The van der Waals surface area contributed by atoms with Crippen LogP contribution in [0.2, 0.25) is 0 Å². The summed E-state index contributed by atoms with van der Waals surface area (Å²) >= 11 is 0. The van der Waals surface area contributed by atoms with Crippen LogP contribution in [-0.2, 0) is 11.7 Å². The first-order valence-corrected chi connectivity index (χ1v) is 8.78. The topological polar surface area (TPSA) is 77.0 Å². The SMILES string of the molecule is CC(C)c1nc(-c2cnc(N)c(C(F)(F)F)c2)cn1[C@]12C3C(O)C[C@@H]1[C@H]32. The Morgan fingerprint density at radius 1 is 1.35 bits per heavy atom. The number of hydrogen-bond donors (Lipinski definition) is 2. The van der Waals surface area contributed by atoms with Crippen molar-refractivity contribution in [3.05, 3.63) is 29.8 Å². The predicted molar refractivity (Wildman–Crippen MR) is 88.0 cm³/mol. The van der Waals surface area contributed by atoms with E-state index >= 15 is 0 Å². The molecule has 2 aromatic rings. The van der Waals surface area contributed by atoms with Crippen molar-refractivity contribution < 1.29 is 18.3 Å². The number of nitrogens with two attached hydrogens (primary N) is 1. The van der Waals surface area contributed by atoms with Crippen LogP contribution in [0.25, 0.3) is 11.3 Å². The summed E-state index contributed by atoms with van der Waals surface area (Å²) < 4.78 is 41.5. The molecule has 4 aliphatic carbocycles. The number of pyridine rings is 1. The lowest BCUT2D eigenvalue weighted by Crippen LogP contribution is -2.19. The largest absolute Gasteiger partial charge is 0.419 e. The van der Waals surface area contributed by atoms with Crippen molar-refractivity contribution in [1.29, 1.82) is 0 Å². The van der Waals surface area contributed by atoms with Gasteiger partial charge in [0.1, 0.15) is 11.6 Å². The summed E-state index contributed by atoms with van der Waals surface area (Å²) in [5, 5.41) is 10.1. The summed E-state index contributed by atoms with van der Waals surface area (Å²) in [5.74, 6) is 1.66. The molecule has 5 nitrogen and oxygen atoms in total. The molecule has 2 heterocycles. The zero-order chi connectivity index (χ0) is 18.6. The monoisotopic (exact) mass is 364 g/mol. The van der Waals surface area contributed by atoms with Crippen LogP contribution in [0.3, 0.4) is 0 Å². The molecule has 0 spiro atoms. The number of nitrogens with zero attached hydrogens (tertiary/aromatic N) is 3. The molecule has 0 aliphatic heterocycles. The first-order valence-electron chi connectivity index (χ1n) is 8.78. The number of alkyl halides is 3. The van der Waals surface area contributed by atoms with E-state index in [1.807, 2.05) is 20.0 Å². The molecule has 4 saturated carbocycles. The Morgan fingerprint density at radius 3 is 2.62 bits per heavy atom. The van der Waals surface area contributed by atoms with Gasteiger partial charge in [-0.2, -0.15) is 13.2 Å². The van der Waals surface area contributed by atoms with E-state index in [0.717, 1.165) is 18.3 Å². The van der Waals surface area contributed by atoms with E-state index in [4.69, 9.17) is 5.73 Å². The molecular formula is C18H19F3N4O. The zero-order valence-corrected chi connectivity index (χ0v) is 14.3. The molecule has 4 aliphatic rings. The van der Waals surface area contributed by atoms with Crippen LogP contribution in [0.15, 0.2) is 18.5 Å². The maximum Gasteiger partial charge on any atom is 0.419 e. The Balaban J connectivity index is 1.59. The van der Waals surface area contributed by atoms with Crippen LogP contribution < -0.4 is 5.73 Å². The second kappa shape index (κ2) is 4.60. The number of rotatable bonds is 3. The molecule has 0 saturated heterocycles. The van der Waals surface area contributed by atoms with Crippen LogP contribution in [0.5, 0.6) is 0 Å². The van der Waals surface area contributed by atoms with Gasteiger partial charge in [-0.1, -0.05) is 13.8 Å². The summed E-state index contributed by atoms with van der Waals surface area (Å²) in [6.07, 6.45) is -0.864. The molecule has 6 rings (SSSR count). The van der Waals surface area contributed by atoms with Gasteiger partial charge in [0.2, 0.25) is 0 Å². The van der Waals surface area contributed by atoms with E-state index in [1.165, 1.54) is 6.20 Å². The summed E-state index contributed by atoms with van der Waals surface area (Å²) in [6.45, 7) is 4.03. The highest BCUT2D eigenvalue weighted by Crippen LogP contribution is 2.89. The zero-order valence-electron chi connectivity index (χ0n) is 14.3.